The topological polar surface area (TPSA) is 54.4 Å². The predicted octanol–water partition coefficient (Wildman–Crippen LogP) is 3.80. The van der Waals surface area contributed by atoms with Gasteiger partial charge in [-0.1, -0.05) is 77.6 Å². The van der Waals surface area contributed by atoms with Gasteiger partial charge in [0.25, 0.3) is 0 Å². The van der Waals surface area contributed by atoms with Crippen LogP contribution in [-0.4, -0.2) is 21.3 Å². The quantitative estimate of drug-likeness (QED) is 0.159. The molecule has 3 nitrogen and oxygen atoms in total. The first kappa shape index (κ1) is 18.6. The molecule has 114 valence electrons. The normalized spacial score (nSPS) is 11.9. The first-order valence-corrected chi connectivity index (χ1v) is 8.88. The minimum atomic E-state index is -0.0944. The van der Waals surface area contributed by atoms with E-state index in [0.717, 1.165) is 12.2 Å². The zero-order chi connectivity index (χ0) is 14.2. The first-order valence-electron chi connectivity index (χ1n) is 7.90. The fourth-order valence-electron chi connectivity index (χ4n) is 2.14. The number of aliphatic hydroxyl groups is 1. The van der Waals surface area contributed by atoms with Crippen molar-refractivity contribution in [2.45, 2.75) is 84.0 Å². The van der Waals surface area contributed by atoms with Crippen molar-refractivity contribution < 1.29 is 15.5 Å². The van der Waals surface area contributed by atoms with Crippen molar-refractivity contribution in [3.63, 3.8) is 0 Å². The van der Waals surface area contributed by atoms with E-state index in [9.17, 15) is 0 Å². The van der Waals surface area contributed by atoms with Crippen LogP contribution in [0, 0.1) is 0 Å². The summed E-state index contributed by atoms with van der Waals surface area (Å²) in [5, 5.41) is 19.0. The summed E-state index contributed by atoms with van der Waals surface area (Å²) >= 11 is 1.27. The number of hydrogen-bond donors (Lipinski definition) is 3. The van der Waals surface area contributed by atoms with Gasteiger partial charge in [0.05, 0.1) is 0 Å². The molecular weight excluding hydrogens is 258 g/mol. The highest BCUT2D eigenvalue weighted by molar-refractivity contribution is 8.13. The Morgan fingerprint density at radius 3 is 1.63 bits per heavy atom. The molecule has 0 aromatic carbocycles. The SMILES string of the molecule is CCCCCCCCCCCCCCS/C(O)=[NH+]/O. The van der Waals surface area contributed by atoms with Crippen LogP contribution in [0.4, 0.5) is 0 Å². The van der Waals surface area contributed by atoms with Gasteiger partial charge in [0.15, 0.2) is 0 Å². The number of thioether (sulfide) groups is 1. The lowest BCUT2D eigenvalue weighted by molar-refractivity contribution is -0.740. The highest BCUT2D eigenvalue weighted by atomic mass is 32.2. The monoisotopic (exact) mass is 290 g/mol. The predicted molar refractivity (Wildman–Crippen MR) is 83.9 cm³/mol. The summed E-state index contributed by atoms with van der Waals surface area (Å²) in [4.78, 5) is 0. The Bertz CT molecular complexity index is 210. The lowest BCUT2D eigenvalue weighted by Gasteiger charge is -2.02. The summed E-state index contributed by atoms with van der Waals surface area (Å²) in [5.74, 6) is 0.872. The van der Waals surface area contributed by atoms with E-state index in [4.69, 9.17) is 10.3 Å². The summed E-state index contributed by atoms with van der Waals surface area (Å²) < 4.78 is 0. The van der Waals surface area contributed by atoms with Gasteiger partial charge in [0.1, 0.15) is 0 Å². The van der Waals surface area contributed by atoms with Crippen LogP contribution in [-0.2, 0) is 0 Å². The maximum Gasteiger partial charge on any atom is 0.444 e. The van der Waals surface area contributed by atoms with Crippen LogP contribution >= 0.6 is 11.8 Å². The van der Waals surface area contributed by atoms with Crippen LogP contribution in [0.25, 0.3) is 0 Å². The molecule has 0 fully saturated rings. The largest absolute Gasteiger partial charge is 0.452 e. The van der Waals surface area contributed by atoms with Crippen LogP contribution < -0.4 is 5.16 Å². The van der Waals surface area contributed by atoms with E-state index in [1.54, 1.807) is 5.16 Å². The molecule has 3 N–H and O–H groups in total. The molecule has 19 heavy (non-hydrogen) atoms. The van der Waals surface area contributed by atoms with Crippen LogP contribution in [0.2, 0.25) is 0 Å². The van der Waals surface area contributed by atoms with Crippen molar-refractivity contribution in [1.29, 1.82) is 0 Å². The molecule has 0 saturated heterocycles. The van der Waals surface area contributed by atoms with Gasteiger partial charge >= 0.3 is 5.23 Å². The molecule has 0 aliphatic rings. The Labute approximate surface area is 122 Å². The molecule has 0 heterocycles. The molecule has 0 atom stereocenters. The number of unbranched alkanes of at least 4 members (excludes halogenated alkanes) is 11. The summed E-state index contributed by atoms with van der Waals surface area (Å²) in [6.45, 7) is 2.26. The van der Waals surface area contributed by atoms with Crippen LogP contribution in [0.3, 0.4) is 0 Å². The van der Waals surface area contributed by atoms with E-state index in [0.29, 0.717) is 0 Å². The fourth-order valence-corrected chi connectivity index (χ4v) is 2.75. The van der Waals surface area contributed by atoms with E-state index in [2.05, 4.69) is 6.92 Å². The molecule has 0 saturated carbocycles. The number of rotatable bonds is 13. The van der Waals surface area contributed by atoms with Gasteiger partial charge in [-0.2, -0.15) is 0 Å². The molecule has 0 aliphatic heterocycles. The van der Waals surface area contributed by atoms with Crippen molar-refractivity contribution >= 4 is 17.0 Å². The van der Waals surface area contributed by atoms with Crippen molar-refractivity contribution in [1.82, 2.24) is 0 Å². The van der Waals surface area contributed by atoms with E-state index < -0.39 is 0 Å². The Balaban J connectivity index is 2.99. The molecule has 0 unspecified atom stereocenters. The van der Waals surface area contributed by atoms with Gasteiger partial charge in [0.2, 0.25) is 0 Å². The lowest BCUT2D eigenvalue weighted by atomic mass is 10.1. The molecule has 0 aromatic heterocycles. The Morgan fingerprint density at radius 1 is 0.789 bits per heavy atom. The summed E-state index contributed by atoms with van der Waals surface area (Å²) in [7, 11) is 0. The smallest absolute Gasteiger partial charge is 0.444 e. The summed E-state index contributed by atoms with van der Waals surface area (Å²) in [5.41, 5.74) is 0. The zero-order valence-electron chi connectivity index (χ0n) is 12.5. The molecule has 0 amide bonds. The average molecular weight is 290 g/mol. The summed E-state index contributed by atoms with van der Waals surface area (Å²) in [6, 6.07) is 0. The highest BCUT2D eigenvalue weighted by Crippen LogP contribution is 2.12. The standard InChI is InChI=1S/C15H31NO2S/c1-2-3-4-5-6-7-8-9-10-11-12-13-14-19-15(17)16-18/h18H,2-14H2,1H3,(H,16,17)/p+1. The molecule has 0 radical (unpaired) electrons. The maximum atomic E-state index is 8.95. The van der Waals surface area contributed by atoms with E-state index in [1.807, 2.05) is 0 Å². The van der Waals surface area contributed by atoms with Gasteiger partial charge in [-0.25, -0.2) is 0 Å². The minimum absolute atomic E-state index is 0.0944. The molecule has 0 spiro atoms. The second kappa shape index (κ2) is 15.7. The number of hydrogen-bond acceptors (Lipinski definition) is 2. The van der Waals surface area contributed by atoms with Gasteiger partial charge in [-0.15, -0.1) is 0 Å². The third-order valence-corrected chi connectivity index (χ3v) is 4.19. The van der Waals surface area contributed by atoms with E-state index in [1.165, 1.54) is 82.4 Å². The van der Waals surface area contributed by atoms with Gasteiger partial charge in [-0.3, -0.25) is 5.21 Å². The summed E-state index contributed by atoms with van der Waals surface area (Å²) in [6.07, 6.45) is 16.1. The van der Waals surface area contributed by atoms with Crippen LogP contribution in [0.1, 0.15) is 84.0 Å². The zero-order valence-corrected chi connectivity index (χ0v) is 13.3. The van der Waals surface area contributed by atoms with E-state index in [-0.39, 0.29) is 5.23 Å². The highest BCUT2D eigenvalue weighted by Gasteiger charge is 2.02. The second-order valence-corrected chi connectivity index (χ2v) is 6.24. The number of aliphatic hydroxyl groups excluding tert-OH is 1. The van der Waals surface area contributed by atoms with Crippen LogP contribution in [0.15, 0.2) is 0 Å². The molecule has 0 aliphatic carbocycles. The lowest BCUT2D eigenvalue weighted by Crippen LogP contribution is -2.68. The maximum absolute atomic E-state index is 8.95. The van der Waals surface area contributed by atoms with Crippen molar-refractivity contribution in [2.24, 2.45) is 0 Å². The third kappa shape index (κ3) is 15.6. The van der Waals surface area contributed by atoms with Crippen molar-refractivity contribution in [3.05, 3.63) is 0 Å². The van der Waals surface area contributed by atoms with Crippen LogP contribution in [0.5, 0.6) is 0 Å². The Hall–Kier alpha value is -0.380. The molecule has 4 heteroatoms. The molecule has 0 bridgehead atoms. The Morgan fingerprint density at radius 2 is 1.21 bits per heavy atom. The van der Waals surface area contributed by atoms with E-state index >= 15 is 0 Å². The first-order chi connectivity index (χ1) is 9.31. The van der Waals surface area contributed by atoms with Gasteiger partial charge in [0, 0.05) is 10.9 Å². The van der Waals surface area contributed by atoms with Crippen molar-refractivity contribution in [2.75, 3.05) is 5.75 Å². The van der Waals surface area contributed by atoms with Crippen molar-refractivity contribution in [3.8, 4) is 0 Å². The third-order valence-electron chi connectivity index (χ3n) is 3.33. The number of nitrogens with one attached hydrogen (secondary N) is 1. The van der Waals surface area contributed by atoms with Gasteiger partial charge < -0.3 is 5.11 Å². The second-order valence-electron chi connectivity index (χ2n) is 5.15. The fraction of sp³-hybridized carbons (Fsp3) is 0.933. The van der Waals surface area contributed by atoms with Gasteiger partial charge in [-0.05, 0) is 18.2 Å². The Kier molecular flexibility index (Phi) is 15.4. The molecular formula is C15H32NO2S+. The molecule has 0 rings (SSSR count). The minimum Gasteiger partial charge on any atom is -0.452 e. The molecule has 0 aromatic rings. The average Bonchev–Trinajstić information content (AvgIpc) is 2.43.